The zero-order chi connectivity index (χ0) is 10.7. The van der Waals surface area contributed by atoms with Crippen LogP contribution in [-0.2, 0) is 11.0 Å². The fourth-order valence-electron chi connectivity index (χ4n) is 1.08. The quantitative estimate of drug-likeness (QED) is 0.797. The van der Waals surface area contributed by atoms with Crippen LogP contribution in [-0.4, -0.2) is 21.5 Å². The number of carbonyl (C=O) groups is 1. The number of rotatable bonds is 3. The first kappa shape index (κ1) is 10.7. The van der Waals surface area contributed by atoms with Crippen molar-refractivity contribution in [3.8, 4) is 0 Å². The summed E-state index contributed by atoms with van der Waals surface area (Å²) in [4.78, 5) is 10.8. The van der Waals surface area contributed by atoms with Gasteiger partial charge in [-0.2, -0.15) is 0 Å². The van der Waals surface area contributed by atoms with Gasteiger partial charge in [0.2, 0.25) is 0 Å². The molecule has 0 radical (unpaired) electrons. The van der Waals surface area contributed by atoms with Gasteiger partial charge in [-0.05, 0) is 24.6 Å². The van der Waals surface area contributed by atoms with Gasteiger partial charge in [-0.1, -0.05) is 6.07 Å². The summed E-state index contributed by atoms with van der Waals surface area (Å²) in [7, 11) is -1.26. The first-order valence-corrected chi connectivity index (χ1v) is 5.50. The third-order valence-corrected chi connectivity index (χ3v) is 2.17. The number of carboxylic acid groups (broad SMARTS) is 1. The van der Waals surface area contributed by atoms with Gasteiger partial charge in [0.15, 0.2) is 0 Å². The maximum atomic E-state index is 10.9. The first-order chi connectivity index (χ1) is 6.50. The summed E-state index contributed by atoms with van der Waals surface area (Å²) >= 11 is 0. The molecule has 1 aromatic carbocycles. The number of benzene rings is 1. The molecular weight excluding hydrogens is 202 g/mol. The predicted octanol–water partition coefficient (Wildman–Crippen LogP) is 1.40. The van der Waals surface area contributed by atoms with Crippen LogP contribution in [0.4, 0.5) is 5.69 Å². The standard InChI is InChI=1S/C9H11NO3S/c1-6-3-4-7(9(11)12)8(5-6)10-14(2)13/h3-5,10H,1-2H3,(H,11,12). The summed E-state index contributed by atoms with van der Waals surface area (Å²) in [6.07, 6.45) is 1.45. The van der Waals surface area contributed by atoms with Crippen molar-refractivity contribution in [2.75, 3.05) is 11.0 Å². The Morgan fingerprint density at radius 3 is 2.64 bits per heavy atom. The maximum Gasteiger partial charge on any atom is 0.337 e. The number of anilines is 1. The van der Waals surface area contributed by atoms with Crippen LogP contribution in [0.5, 0.6) is 0 Å². The van der Waals surface area contributed by atoms with E-state index in [1.807, 2.05) is 6.92 Å². The topological polar surface area (TPSA) is 66.4 Å². The Labute approximate surface area is 84.5 Å². The SMILES string of the molecule is Cc1ccc(C(=O)O)c(NS(C)=O)c1. The van der Waals surface area contributed by atoms with Crippen LogP contribution in [0.3, 0.4) is 0 Å². The highest BCUT2D eigenvalue weighted by atomic mass is 32.2. The van der Waals surface area contributed by atoms with E-state index in [1.165, 1.54) is 12.3 Å². The molecule has 0 spiro atoms. The van der Waals surface area contributed by atoms with Crippen molar-refractivity contribution in [2.45, 2.75) is 6.92 Å². The normalized spacial score (nSPS) is 12.1. The Morgan fingerprint density at radius 1 is 1.50 bits per heavy atom. The molecular formula is C9H11NO3S. The molecule has 0 fully saturated rings. The molecule has 1 atom stereocenters. The largest absolute Gasteiger partial charge is 0.478 e. The van der Waals surface area contributed by atoms with Gasteiger partial charge in [0.25, 0.3) is 0 Å². The monoisotopic (exact) mass is 213 g/mol. The summed E-state index contributed by atoms with van der Waals surface area (Å²) in [5.41, 5.74) is 1.44. The van der Waals surface area contributed by atoms with Crippen molar-refractivity contribution < 1.29 is 14.1 Å². The van der Waals surface area contributed by atoms with Gasteiger partial charge in [0.05, 0.1) is 11.3 Å². The van der Waals surface area contributed by atoms with Gasteiger partial charge in [-0.15, -0.1) is 0 Å². The molecule has 0 aliphatic carbocycles. The number of aromatic carboxylic acids is 1. The highest BCUT2D eigenvalue weighted by Gasteiger charge is 2.10. The Morgan fingerprint density at radius 2 is 2.14 bits per heavy atom. The summed E-state index contributed by atoms with van der Waals surface area (Å²) < 4.78 is 13.5. The van der Waals surface area contributed by atoms with E-state index >= 15 is 0 Å². The lowest BCUT2D eigenvalue weighted by Gasteiger charge is -2.07. The molecule has 1 aromatic rings. The molecule has 0 aromatic heterocycles. The summed E-state index contributed by atoms with van der Waals surface area (Å²) in [5, 5.41) is 8.83. The van der Waals surface area contributed by atoms with E-state index in [0.717, 1.165) is 5.56 Å². The van der Waals surface area contributed by atoms with E-state index in [2.05, 4.69) is 4.72 Å². The van der Waals surface area contributed by atoms with Gasteiger partial charge in [0.1, 0.15) is 11.0 Å². The van der Waals surface area contributed by atoms with Gasteiger partial charge in [0, 0.05) is 6.26 Å². The third kappa shape index (κ3) is 2.56. The molecule has 0 bridgehead atoms. The van der Waals surface area contributed by atoms with Crippen molar-refractivity contribution in [1.29, 1.82) is 0 Å². The molecule has 1 unspecified atom stereocenters. The second kappa shape index (κ2) is 4.23. The van der Waals surface area contributed by atoms with Crippen molar-refractivity contribution in [3.05, 3.63) is 29.3 Å². The molecule has 4 nitrogen and oxygen atoms in total. The second-order valence-corrected chi connectivity index (χ2v) is 4.02. The third-order valence-electron chi connectivity index (χ3n) is 1.66. The Hall–Kier alpha value is -1.36. The van der Waals surface area contributed by atoms with Crippen molar-refractivity contribution >= 4 is 22.6 Å². The van der Waals surface area contributed by atoms with Gasteiger partial charge in [-0.25, -0.2) is 9.00 Å². The summed E-state index contributed by atoms with van der Waals surface area (Å²) in [6, 6.07) is 4.85. The van der Waals surface area contributed by atoms with Crippen molar-refractivity contribution in [1.82, 2.24) is 0 Å². The zero-order valence-electron chi connectivity index (χ0n) is 7.90. The molecule has 0 heterocycles. The van der Waals surface area contributed by atoms with Crippen molar-refractivity contribution in [2.24, 2.45) is 0 Å². The van der Waals surface area contributed by atoms with Crippen molar-refractivity contribution in [3.63, 3.8) is 0 Å². The highest BCUT2D eigenvalue weighted by molar-refractivity contribution is 7.85. The zero-order valence-corrected chi connectivity index (χ0v) is 8.72. The number of hydrogen-bond donors (Lipinski definition) is 2. The molecule has 76 valence electrons. The Kier molecular flexibility index (Phi) is 3.24. The molecule has 0 aliphatic heterocycles. The van der Waals surface area contributed by atoms with Crippen LogP contribution in [0.15, 0.2) is 18.2 Å². The maximum absolute atomic E-state index is 10.9. The highest BCUT2D eigenvalue weighted by Crippen LogP contribution is 2.17. The second-order valence-electron chi connectivity index (χ2n) is 2.91. The van der Waals surface area contributed by atoms with Crippen LogP contribution in [0.1, 0.15) is 15.9 Å². The van der Waals surface area contributed by atoms with Crippen LogP contribution in [0.2, 0.25) is 0 Å². The number of nitrogens with one attached hydrogen (secondary N) is 1. The van der Waals surface area contributed by atoms with Crippen LogP contribution < -0.4 is 4.72 Å². The minimum absolute atomic E-state index is 0.130. The molecule has 0 aliphatic rings. The van der Waals surface area contributed by atoms with Crippen LogP contribution in [0, 0.1) is 6.92 Å². The lowest BCUT2D eigenvalue weighted by molar-refractivity contribution is 0.0698. The fraction of sp³-hybridized carbons (Fsp3) is 0.222. The van der Waals surface area contributed by atoms with E-state index in [9.17, 15) is 9.00 Å². The molecule has 0 saturated carbocycles. The van der Waals surface area contributed by atoms with Gasteiger partial charge < -0.3 is 9.83 Å². The van der Waals surface area contributed by atoms with Crippen LogP contribution in [0.25, 0.3) is 0 Å². The van der Waals surface area contributed by atoms with Gasteiger partial charge in [-0.3, -0.25) is 0 Å². The number of aryl methyl sites for hydroxylation is 1. The summed E-state index contributed by atoms with van der Waals surface area (Å²) in [6.45, 7) is 1.84. The van der Waals surface area contributed by atoms with E-state index in [4.69, 9.17) is 5.11 Å². The lowest BCUT2D eigenvalue weighted by atomic mass is 10.1. The minimum atomic E-state index is -1.26. The predicted molar refractivity (Wildman–Crippen MR) is 55.8 cm³/mol. The van der Waals surface area contributed by atoms with E-state index in [0.29, 0.717) is 5.69 Å². The van der Waals surface area contributed by atoms with E-state index in [1.54, 1.807) is 12.1 Å². The van der Waals surface area contributed by atoms with Gasteiger partial charge >= 0.3 is 5.97 Å². The Bertz CT molecular complexity index is 390. The molecule has 5 heteroatoms. The first-order valence-electron chi connectivity index (χ1n) is 3.94. The average molecular weight is 213 g/mol. The smallest absolute Gasteiger partial charge is 0.337 e. The fourth-order valence-corrected chi connectivity index (χ4v) is 1.56. The molecule has 1 rings (SSSR count). The van der Waals surface area contributed by atoms with Crippen LogP contribution >= 0.6 is 0 Å². The molecule has 2 N–H and O–H groups in total. The van der Waals surface area contributed by atoms with E-state index in [-0.39, 0.29) is 5.56 Å². The summed E-state index contributed by atoms with van der Waals surface area (Å²) in [5.74, 6) is -1.03. The number of hydrogen-bond acceptors (Lipinski definition) is 2. The lowest BCUT2D eigenvalue weighted by Crippen LogP contribution is -2.07. The number of carboxylic acids is 1. The molecule has 14 heavy (non-hydrogen) atoms. The average Bonchev–Trinajstić information content (AvgIpc) is 2.01. The van der Waals surface area contributed by atoms with E-state index < -0.39 is 17.0 Å². The Balaban J connectivity index is 3.15. The molecule has 0 saturated heterocycles. The minimum Gasteiger partial charge on any atom is -0.478 e. The molecule has 0 amide bonds.